The zero-order chi connectivity index (χ0) is 14.5. The molecule has 1 aliphatic heterocycles. The van der Waals surface area contributed by atoms with E-state index in [2.05, 4.69) is 21.2 Å². The Morgan fingerprint density at radius 1 is 1.20 bits per heavy atom. The average Bonchev–Trinajstić information content (AvgIpc) is 2.47. The highest BCUT2D eigenvalue weighted by Gasteiger charge is 2.24. The van der Waals surface area contributed by atoms with E-state index in [0.717, 1.165) is 30.4 Å². The van der Waals surface area contributed by atoms with E-state index in [9.17, 15) is 9.59 Å². The molecular formula is C15H19BrN2O2. The van der Waals surface area contributed by atoms with Crippen LogP contribution < -0.4 is 5.32 Å². The SMILES string of the molecule is CC(NC(=O)c1ccccc1Br)C(=O)N1CCCCC1. The van der Waals surface area contributed by atoms with Crippen molar-refractivity contribution in [2.24, 2.45) is 0 Å². The number of carbonyl (C=O) groups excluding carboxylic acids is 2. The maximum atomic E-state index is 12.2. The minimum absolute atomic E-state index is 0.00473. The molecule has 108 valence electrons. The molecule has 4 nitrogen and oxygen atoms in total. The standard InChI is InChI=1S/C15H19BrN2O2/c1-11(15(20)18-9-5-2-6-10-18)17-14(19)12-7-3-4-8-13(12)16/h3-4,7-8,11H,2,5-6,9-10H2,1H3,(H,17,19). The fourth-order valence-corrected chi connectivity index (χ4v) is 2.83. The van der Waals surface area contributed by atoms with Crippen LogP contribution in [-0.4, -0.2) is 35.8 Å². The van der Waals surface area contributed by atoms with Gasteiger partial charge < -0.3 is 10.2 Å². The lowest BCUT2D eigenvalue weighted by molar-refractivity contribution is -0.133. The van der Waals surface area contributed by atoms with E-state index in [1.54, 1.807) is 19.1 Å². The topological polar surface area (TPSA) is 49.4 Å². The number of likely N-dealkylation sites (tertiary alicyclic amines) is 1. The van der Waals surface area contributed by atoms with Crippen molar-refractivity contribution in [3.63, 3.8) is 0 Å². The number of amides is 2. The lowest BCUT2D eigenvalue weighted by Crippen LogP contribution is -2.48. The molecule has 0 aromatic heterocycles. The highest BCUT2D eigenvalue weighted by atomic mass is 79.9. The van der Waals surface area contributed by atoms with Crippen LogP contribution in [0.5, 0.6) is 0 Å². The maximum absolute atomic E-state index is 12.2. The van der Waals surface area contributed by atoms with Crippen LogP contribution in [0.3, 0.4) is 0 Å². The van der Waals surface area contributed by atoms with Gasteiger partial charge in [0.2, 0.25) is 5.91 Å². The molecule has 2 rings (SSSR count). The predicted molar refractivity (Wildman–Crippen MR) is 81.5 cm³/mol. The van der Waals surface area contributed by atoms with Crippen molar-refractivity contribution in [2.45, 2.75) is 32.2 Å². The molecule has 1 N–H and O–H groups in total. The quantitative estimate of drug-likeness (QED) is 0.920. The normalized spacial score (nSPS) is 16.6. The zero-order valence-electron chi connectivity index (χ0n) is 11.6. The van der Waals surface area contributed by atoms with Crippen molar-refractivity contribution < 1.29 is 9.59 Å². The van der Waals surface area contributed by atoms with Gasteiger partial charge in [0, 0.05) is 17.6 Å². The molecule has 0 bridgehead atoms. The van der Waals surface area contributed by atoms with Crippen molar-refractivity contribution >= 4 is 27.7 Å². The molecule has 0 aliphatic carbocycles. The van der Waals surface area contributed by atoms with E-state index in [-0.39, 0.29) is 11.8 Å². The highest BCUT2D eigenvalue weighted by molar-refractivity contribution is 9.10. The fourth-order valence-electron chi connectivity index (χ4n) is 2.37. The molecule has 1 heterocycles. The van der Waals surface area contributed by atoms with Crippen molar-refractivity contribution in [3.05, 3.63) is 34.3 Å². The monoisotopic (exact) mass is 338 g/mol. The Hall–Kier alpha value is -1.36. The molecule has 1 aromatic carbocycles. The minimum atomic E-state index is -0.493. The number of hydrogen-bond acceptors (Lipinski definition) is 2. The van der Waals surface area contributed by atoms with Crippen molar-refractivity contribution in [2.75, 3.05) is 13.1 Å². The highest BCUT2D eigenvalue weighted by Crippen LogP contribution is 2.16. The van der Waals surface area contributed by atoms with Gasteiger partial charge in [0.1, 0.15) is 6.04 Å². The number of piperidine rings is 1. The first-order valence-corrected chi connectivity index (χ1v) is 7.73. The molecule has 1 fully saturated rings. The Kier molecular flexibility index (Phi) is 5.17. The van der Waals surface area contributed by atoms with E-state index in [4.69, 9.17) is 0 Å². The summed E-state index contributed by atoms with van der Waals surface area (Å²) in [5.74, 6) is -0.222. The average molecular weight is 339 g/mol. The second-order valence-corrected chi connectivity index (χ2v) is 5.92. The van der Waals surface area contributed by atoms with E-state index < -0.39 is 6.04 Å². The Labute approximate surface area is 127 Å². The first-order valence-electron chi connectivity index (χ1n) is 6.94. The number of carbonyl (C=O) groups is 2. The van der Waals surface area contributed by atoms with Crippen molar-refractivity contribution in [1.82, 2.24) is 10.2 Å². The van der Waals surface area contributed by atoms with Gasteiger partial charge in [-0.05, 0) is 54.2 Å². The summed E-state index contributed by atoms with van der Waals surface area (Å²) in [5, 5.41) is 2.77. The number of nitrogens with one attached hydrogen (secondary N) is 1. The molecule has 1 atom stereocenters. The van der Waals surface area contributed by atoms with Crippen LogP contribution >= 0.6 is 15.9 Å². The molecule has 1 unspecified atom stereocenters. The van der Waals surface area contributed by atoms with Gasteiger partial charge in [-0.1, -0.05) is 12.1 Å². The van der Waals surface area contributed by atoms with E-state index in [1.807, 2.05) is 17.0 Å². The first kappa shape index (κ1) is 15.0. The molecule has 0 spiro atoms. The van der Waals surface area contributed by atoms with Crippen molar-refractivity contribution in [3.8, 4) is 0 Å². The maximum Gasteiger partial charge on any atom is 0.253 e. The van der Waals surface area contributed by atoms with Gasteiger partial charge in [0.05, 0.1) is 5.56 Å². The van der Waals surface area contributed by atoms with Crippen LogP contribution in [0.2, 0.25) is 0 Å². The second-order valence-electron chi connectivity index (χ2n) is 5.06. The summed E-state index contributed by atoms with van der Waals surface area (Å²) >= 11 is 3.34. The Bertz CT molecular complexity index is 498. The molecule has 2 amide bonds. The summed E-state index contributed by atoms with van der Waals surface area (Å²) in [6.07, 6.45) is 3.29. The molecule has 0 saturated carbocycles. The van der Waals surface area contributed by atoms with Crippen LogP contribution in [0.4, 0.5) is 0 Å². The summed E-state index contributed by atoms with van der Waals surface area (Å²) in [6.45, 7) is 3.34. The molecule has 1 saturated heterocycles. The van der Waals surface area contributed by atoms with Crippen LogP contribution in [0.15, 0.2) is 28.7 Å². The Balaban J connectivity index is 1.97. The summed E-state index contributed by atoms with van der Waals surface area (Å²) in [7, 11) is 0. The van der Waals surface area contributed by atoms with E-state index in [1.165, 1.54) is 6.42 Å². The molecule has 1 aliphatic rings. The smallest absolute Gasteiger partial charge is 0.253 e. The lowest BCUT2D eigenvalue weighted by atomic mass is 10.1. The van der Waals surface area contributed by atoms with Gasteiger partial charge in [0.15, 0.2) is 0 Å². The molecule has 5 heteroatoms. The van der Waals surface area contributed by atoms with Gasteiger partial charge in [-0.3, -0.25) is 9.59 Å². The molecular weight excluding hydrogens is 320 g/mol. The third kappa shape index (κ3) is 3.60. The largest absolute Gasteiger partial charge is 0.341 e. The van der Waals surface area contributed by atoms with Gasteiger partial charge in [-0.2, -0.15) is 0 Å². The Morgan fingerprint density at radius 3 is 2.50 bits per heavy atom. The van der Waals surface area contributed by atoms with Gasteiger partial charge in [-0.25, -0.2) is 0 Å². The van der Waals surface area contributed by atoms with E-state index >= 15 is 0 Å². The number of hydrogen-bond donors (Lipinski definition) is 1. The number of benzene rings is 1. The van der Waals surface area contributed by atoms with Crippen molar-refractivity contribution in [1.29, 1.82) is 0 Å². The van der Waals surface area contributed by atoms with Gasteiger partial charge in [-0.15, -0.1) is 0 Å². The number of rotatable bonds is 3. The van der Waals surface area contributed by atoms with Crippen LogP contribution in [0, 0.1) is 0 Å². The summed E-state index contributed by atoms with van der Waals surface area (Å²) < 4.78 is 0.732. The fraction of sp³-hybridized carbons (Fsp3) is 0.467. The third-order valence-corrected chi connectivity index (χ3v) is 4.20. The minimum Gasteiger partial charge on any atom is -0.341 e. The molecule has 20 heavy (non-hydrogen) atoms. The van der Waals surface area contributed by atoms with Gasteiger partial charge >= 0.3 is 0 Å². The van der Waals surface area contributed by atoms with Crippen LogP contribution in [0.25, 0.3) is 0 Å². The second kappa shape index (κ2) is 6.88. The lowest BCUT2D eigenvalue weighted by Gasteiger charge is -2.29. The summed E-state index contributed by atoms with van der Waals surface area (Å²) in [5.41, 5.74) is 0.547. The number of nitrogens with zero attached hydrogens (tertiary/aromatic N) is 1. The summed E-state index contributed by atoms with van der Waals surface area (Å²) in [4.78, 5) is 26.2. The van der Waals surface area contributed by atoms with Crippen LogP contribution in [-0.2, 0) is 4.79 Å². The first-order chi connectivity index (χ1) is 9.59. The molecule has 1 aromatic rings. The van der Waals surface area contributed by atoms with Gasteiger partial charge in [0.25, 0.3) is 5.91 Å². The predicted octanol–water partition coefficient (Wildman–Crippen LogP) is 2.58. The van der Waals surface area contributed by atoms with Crippen LogP contribution in [0.1, 0.15) is 36.5 Å². The third-order valence-electron chi connectivity index (χ3n) is 3.50. The van der Waals surface area contributed by atoms with E-state index in [0.29, 0.717) is 5.56 Å². The Morgan fingerprint density at radius 2 is 1.85 bits per heavy atom. The zero-order valence-corrected chi connectivity index (χ0v) is 13.1. The molecule has 0 radical (unpaired) electrons. The summed E-state index contributed by atoms with van der Waals surface area (Å²) in [6, 6.07) is 6.71. The number of halogens is 1.